The summed E-state index contributed by atoms with van der Waals surface area (Å²) in [5.74, 6) is 0.0959. The van der Waals surface area contributed by atoms with E-state index in [-0.39, 0.29) is 23.5 Å². The van der Waals surface area contributed by atoms with Crippen LogP contribution in [-0.4, -0.2) is 46.5 Å². The zero-order valence-corrected chi connectivity index (χ0v) is 15.3. The van der Waals surface area contributed by atoms with Gasteiger partial charge in [-0.25, -0.2) is 9.78 Å². The Morgan fingerprint density at radius 2 is 2.09 bits per heavy atom. The lowest BCUT2D eigenvalue weighted by Crippen LogP contribution is -2.46. The first-order chi connectivity index (χ1) is 10.7. The van der Waals surface area contributed by atoms with Crippen LogP contribution >= 0.6 is 11.3 Å². The summed E-state index contributed by atoms with van der Waals surface area (Å²) >= 11 is 1.67. The Bertz CT molecular complexity index is 591. The number of carbonyl (C=O) groups is 2. The summed E-state index contributed by atoms with van der Waals surface area (Å²) < 4.78 is 0. The molecule has 2 N–H and O–H groups in total. The van der Waals surface area contributed by atoms with Crippen LogP contribution in [0.15, 0.2) is 0 Å². The van der Waals surface area contributed by atoms with E-state index in [1.807, 2.05) is 39.5 Å². The average Bonchev–Trinajstić information content (AvgIpc) is 2.92. The van der Waals surface area contributed by atoms with Gasteiger partial charge >= 0.3 is 6.03 Å². The van der Waals surface area contributed by atoms with Gasteiger partial charge in [0.05, 0.1) is 16.7 Å². The fraction of sp³-hybridized carbons (Fsp3) is 0.688. The molecule has 2 rings (SSSR count). The molecule has 1 unspecified atom stereocenters. The number of urea groups is 1. The van der Waals surface area contributed by atoms with E-state index in [1.165, 1.54) is 4.88 Å². The van der Waals surface area contributed by atoms with Crippen molar-refractivity contribution >= 4 is 23.3 Å². The number of hydrogen-bond acceptors (Lipinski definition) is 4. The summed E-state index contributed by atoms with van der Waals surface area (Å²) in [4.78, 5) is 31.4. The summed E-state index contributed by atoms with van der Waals surface area (Å²) in [5, 5.41) is 6.80. The van der Waals surface area contributed by atoms with Crippen molar-refractivity contribution in [3.05, 3.63) is 15.6 Å². The Morgan fingerprint density at radius 1 is 1.39 bits per heavy atom. The molecule has 1 aromatic rings. The maximum Gasteiger partial charge on any atom is 0.315 e. The molecule has 1 atom stereocenters. The number of rotatable bonds is 4. The van der Waals surface area contributed by atoms with Gasteiger partial charge in [0.15, 0.2) is 0 Å². The Morgan fingerprint density at radius 3 is 2.61 bits per heavy atom. The lowest BCUT2D eigenvalue weighted by Gasteiger charge is -2.32. The standard InChI is InChI=1S/C16H26N4O2S/c1-10-13(23-11(2)18-10)6-7-17-15(22)19-12-8-14(21)20(9-12)16(3,4)5/h12H,6-9H2,1-5H3,(H2,17,19,22). The molecule has 0 radical (unpaired) electrons. The van der Waals surface area contributed by atoms with E-state index in [0.29, 0.717) is 19.5 Å². The fourth-order valence-electron chi connectivity index (χ4n) is 2.78. The normalized spacial score (nSPS) is 18.4. The van der Waals surface area contributed by atoms with E-state index in [1.54, 1.807) is 11.3 Å². The second-order valence-corrected chi connectivity index (χ2v) is 8.26. The molecule has 1 fully saturated rings. The van der Waals surface area contributed by atoms with Gasteiger partial charge in [0.1, 0.15) is 0 Å². The number of aryl methyl sites for hydroxylation is 2. The van der Waals surface area contributed by atoms with Crippen molar-refractivity contribution in [1.82, 2.24) is 20.5 Å². The largest absolute Gasteiger partial charge is 0.338 e. The van der Waals surface area contributed by atoms with Gasteiger partial charge < -0.3 is 15.5 Å². The molecule has 0 aliphatic carbocycles. The smallest absolute Gasteiger partial charge is 0.315 e. The van der Waals surface area contributed by atoms with Gasteiger partial charge in [-0.15, -0.1) is 11.3 Å². The molecule has 2 heterocycles. The van der Waals surface area contributed by atoms with Crippen molar-refractivity contribution in [1.29, 1.82) is 0 Å². The van der Waals surface area contributed by atoms with Crippen LogP contribution in [0.2, 0.25) is 0 Å². The molecule has 1 aromatic heterocycles. The molecular weight excluding hydrogens is 312 g/mol. The second kappa shape index (κ2) is 6.86. The molecule has 0 aromatic carbocycles. The topological polar surface area (TPSA) is 74.3 Å². The molecule has 6 nitrogen and oxygen atoms in total. The van der Waals surface area contributed by atoms with Crippen molar-refractivity contribution < 1.29 is 9.59 Å². The minimum absolute atomic E-state index is 0.0959. The van der Waals surface area contributed by atoms with Crippen molar-refractivity contribution in [2.45, 2.75) is 59.0 Å². The van der Waals surface area contributed by atoms with Crippen LogP contribution in [-0.2, 0) is 11.2 Å². The fourth-order valence-corrected chi connectivity index (χ4v) is 3.72. The number of thiazole rings is 1. The summed E-state index contributed by atoms with van der Waals surface area (Å²) in [6.07, 6.45) is 1.15. The van der Waals surface area contributed by atoms with E-state index < -0.39 is 0 Å². The molecule has 0 saturated carbocycles. The van der Waals surface area contributed by atoms with Crippen molar-refractivity contribution in [2.24, 2.45) is 0 Å². The summed E-state index contributed by atoms with van der Waals surface area (Å²) in [5.41, 5.74) is 0.836. The third kappa shape index (κ3) is 4.67. The summed E-state index contributed by atoms with van der Waals surface area (Å²) in [6.45, 7) is 11.1. The predicted molar refractivity (Wildman–Crippen MR) is 91.7 cm³/mol. The van der Waals surface area contributed by atoms with Crippen molar-refractivity contribution in [3.63, 3.8) is 0 Å². The number of hydrogen-bond donors (Lipinski definition) is 2. The van der Waals surface area contributed by atoms with Crippen LogP contribution in [0.4, 0.5) is 4.79 Å². The molecular formula is C16H26N4O2S. The number of carbonyl (C=O) groups excluding carboxylic acids is 2. The van der Waals surface area contributed by atoms with Gasteiger partial charge in [-0.3, -0.25) is 4.79 Å². The van der Waals surface area contributed by atoms with Gasteiger partial charge in [-0.2, -0.15) is 0 Å². The molecule has 7 heteroatoms. The lowest BCUT2D eigenvalue weighted by molar-refractivity contribution is -0.131. The highest BCUT2D eigenvalue weighted by molar-refractivity contribution is 7.11. The zero-order chi connectivity index (χ0) is 17.2. The van der Waals surface area contributed by atoms with Crippen molar-refractivity contribution in [2.75, 3.05) is 13.1 Å². The van der Waals surface area contributed by atoms with Gasteiger partial charge in [0.25, 0.3) is 0 Å². The maximum atomic E-state index is 12.0. The first-order valence-electron chi connectivity index (χ1n) is 7.94. The lowest BCUT2D eigenvalue weighted by atomic mass is 10.1. The number of amides is 3. The molecule has 1 saturated heterocycles. The molecule has 1 aliphatic heterocycles. The van der Waals surface area contributed by atoms with Gasteiger partial charge in [-0.05, 0) is 34.6 Å². The number of nitrogens with zero attached hydrogens (tertiary/aromatic N) is 2. The number of likely N-dealkylation sites (tertiary alicyclic amines) is 1. The highest BCUT2D eigenvalue weighted by atomic mass is 32.1. The Labute approximate surface area is 141 Å². The number of aromatic nitrogens is 1. The third-order valence-corrected chi connectivity index (χ3v) is 5.04. The summed E-state index contributed by atoms with van der Waals surface area (Å²) in [7, 11) is 0. The van der Waals surface area contributed by atoms with Crippen LogP contribution in [0.3, 0.4) is 0 Å². The van der Waals surface area contributed by atoms with Gasteiger partial charge in [0, 0.05) is 36.3 Å². The van der Waals surface area contributed by atoms with E-state index in [2.05, 4.69) is 15.6 Å². The number of nitrogens with one attached hydrogen (secondary N) is 2. The quantitative estimate of drug-likeness (QED) is 0.882. The van der Waals surface area contributed by atoms with Crippen LogP contribution in [0.5, 0.6) is 0 Å². The Kier molecular flexibility index (Phi) is 5.29. The molecule has 0 bridgehead atoms. The minimum atomic E-state index is -0.211. The molecule has 0 spiro atoms. The maximum absolute atomic E-state index is 12.0. The van der Waals surface area contributed by atoms with E-state index in [0.717, 1.165) is 17.1 Å². The van der Waals surface area contributed by atoms with Crippen LogP contribution in [0, 0.1) is 13.8 Å². The van der Waals surface area contributed by atoms with Gasteiger partial charge in [0.2, 0.25) is 5.91 Å². The van der Waals surface area contributed by atoms with E-state index >= 15 is 0 Å². The highest BCUT2D eigenvalue weighted by Crippen LogP contribution is 2.21. The monoisotopic (exact) mass is 338 g/mol. The Hall–Kier alpha value is -1.63. The molecule has 23 heavy (non-hydrogen) atoms. The van der Waals surface area contributed by atoms with Crippen molar-refractivity contribution in [3.8, 4) is 0 Å². The Balaban J connectivity index is 1.75. The predicted octanol–water partition coefficient (Wildman–Crippen LogP) is 2.00. The van der Waals surface area contributed by atoms with E-state index in [4.69, 9.17) is 0 Å². The minimum Gasteiger partial charge on any atom is -0.338 e. The zero-order valence-electron chi connectivity index (χ0n) is 14.5. The highest BCUT2D eigenvalue weighted by Gasteiger charge is 2.36. The molecule has 3 amide bonds. The van der Waals surface area contributed by atoms with Crippen LogP contribution in [0.25, 0.3) is 0 Å². The van der Waals surface area contributed by atoms with Crippen LogP contribution < -0.4 is 10.6 Å². The second-order valence-electron chi connectivity index (χ2n) is 6.97. The van der Waals surface area contributed by atoms with Gasteiger partial charge in [-0.1, -0.05) is 0 Å². The van der Waals surface area contributed by atoms with E-state index in [9.17, 15) is 9.59 Å². The first-order valence-corrected chi connectivity index (χ1v) is 8.76. The summed E-state index contributed by atoms with van der Waals surface area (Å²) in [6, 6.07) is -0.327. The average molecular weight is 338 g/mol. The molecule has 128 valence electrons. The van der Waals surface area contributed by atoms with Crippen LogP contribution in [0.1, 0.15) is 42.8 Å². The third-order valence-electron chi connectivity index (χ3n) is 3.91. The first kappa shape index (κ1) is 17.7. The SMILES string of the molecule is Cc1nc(C)c(CCNC(=O)NC2CC(=O)N(C(C)(C)C)C2)s1. The molecule has 1 aliphatic rings.